The van der Waals surface area contributed by atoms with E-state index in [4.69, 9.17) is 22.1 Å². The van der Waals surface area contributed by atoms with Gasteiger partial charge in [0, 0.05) is 23.1 Å². The molecule has 1 heterocycles. The highest BCUT2D eigenvalue weighted by Crippen LogP contribution is 2.45. The van der Waals surface area contributed by atoms with Gasteiger partial charge in [0.2, 0.25) is 5.75 Å². The Bertz CT molecular complexity index is 934. The largest absolute Gasteiger partial charge is 0.450 e. The monoisotopic (exact) mass is 453 g/mol. The first-order valence-electron chi connectivity index (χ1n) is 8.37. The fourth-order valence-corrected chi connectivity index (χ4v) is 5.36. The Balaban J connectivity index is 1.78. The smallest absolute Gasteiger partial charge is 0.349 e. The number of halogens is 1. The quantitative estimate of drug-likeness (QED) is 0.165. The van der Waals surface area contributed by atoms with Crippen LogP contribution >= 0.6 is 35.1 Å². The molecule has 0 aliphatic carbocycles. The predicted octanol–water partition coefficient (Wildman–Crippen LogP) is 4.27. The fourth-order valence-electron chi connectivity index (χ4n) is 2.45. The average molecular weight is 454 g/mol. The van der Waals surface area contributed by atoms with Crippen molar-refractivity contribution >= 4 is 52.6 Å². The third-order valence-electron chi connectivity index (χ3n) is 3.81. The number of ether oxygens (including phenoxy) is 1. The van der Waals surface area contributed by atoms with Crippen molar-refractivity contribution in [2.75, 3.05) is 17.4 Å². The van der Waals surface area contributed by atoms with Crippen LogP contribution in [0.1, 0.15) is 15.7 Å². The summed E-state index contributed by atoms with van der Waals surface area (Å²) in [6.07, 6.45) is 0. The number of hydrogen-bond donors (Lipinski definition) is 1. The lowest BCUT2D eigenvalue weighted by atomic mass is 10.1. The lowest BCUT2D eigenvalue weighted by molar-refractivity contribution is -0.385. The molecule has 0 aromatic heterocycles. The van der Waals surface area contributed by atoms with Crippen LogP contribution in [0, 0.1) is 10.1 Å². The van der Waals surface area contributed by atoms with Gasteiger partial charge >= 0.3 is 11.7 Å². The van der Waals surface area contributed by atoms with Crippen LogP contribution in [0.4, 0.5) is 5.69 Å². The number of nitrogens with two attached hydrogens (primary N) is 1. The van der Waals surface area contributed by atoms with E-state index >= 15 is 0 Å². The summed E-state index contributed by atoms with van der Waals surface area (Å²) in [5.74, 6) is 1.42. The van der Waals surface area contributed by atoms with Gasteiger partial charge in [-0.25, -0.2) is 4.79 Å². The number of benzene rings is 2. The summed E-state index contributed by atoms with van der Waals surface area (Å²) in [5.41, 5.74) is 6.80. The van der Waals surface area contributed by atoms with E-state index in [1.807, 2.05) is 35.7 Å². The number of amidine groups is 1. The van der Waals surface area contributed by atoms with Crippen molar-refractivity contribution in [2.24, 2.45) is 10.9 Å². The summed E-state index contributed by atoms with van der Waals surface area (Å²) in [6.45, 7) is 0. The van der Waals surface area contributed by atoms with Crippen LogP contribution in [-0.2, 0) is 9.63 Å². The predicted molar refractivity (Wildman–Crippen MR) is 115 cm³/mol. The molecule has 0 bridgehead atoms. The maximum atomic E-state index is 11.5. The molecular formula is C18H16ClN3O5S2. The first kappa shape index (κ1) is 21.3. The molecule has 1 saturated heterocycles. The van der Waals surface area contributed by atoms with E-state index < -0.39 is 10.9 Å². The summed E-state index contributed by atoms with van der Waals surface area (Å²) in [4.78, 5) is 26.4. The molecule has 0 unspecified atom stereocenters. The van der Waals surface area contributed by atoms with E-state index in [0.29, 0.717) is 10.3 Å². The van der Waals surface area contributed by atoms with E-state index in [1.165, 1.54) is 23.8 Å². The molecule has 3 rings (SSSR count). The number of oxime groups is 1. The molecule has 0 radical (unpaired) electrons. The lowest BCUT2D eigenvalue weighted by Crippen LogP contribution is -2.15. The SMILES string of the molecule is N/C(=N\OC(=O)CCl)c1ccc(Oc2ccc(C3SCCS3)cc2)c([N+](=O)[O-])c1. The molecule has 152 valence electrons. The second kappa shape index (κ2) is 9.86. The molecule has 2 N–H and O–H groups in total. The van der Waals surface area contributed by atoms with Gasteiger partial charge in [0.15, 0.2) is 5.84 Å². The number of rotatable bonds is 7. The van der Waals surface area contributed by atoms with Crippen LogP contribution in [0.3, 0.4) is 0 Å². The minimum absolute atomic E-state index is 0.0571. The molecule has 29 heavy (non-hydrogen) atoms. The number of hydrogen-bond acceptors (Lipinski definition) is 8. The highest BCUT2D eigenvalue weighted by molar-refractivity contribution is 8.19. The van der Waals surface area contributed by atoms with Crippen molar-refractivity contribution in [3.05, 3.63) is 63.7 Å². The third kappa shape index (κ3) is 5.55. The fraction of sp³-hybridized carbons (Fsp3) is 0.222. The van der Waals surface area contributed by atoms with Crippen molar-refractivity contribution in [1.82, 2.24) is 0 Å². The van der Waals surface area contributed by atoms with E-state index in [0.717, 1.165) is 11.5 Å². The molecule has 2 aromatic carbocycles. The molecule has 0 amide bonds. The van der Waals surface area contributed by atoms with Gasteiger partial charge in [-0.15, -0.1) is 35.1 Å². The van der Waals surface area contributed by atoms with E-state index in [1.54, 1.807) is 12.1 Å². The van der Waals surface area contributed by atoms with Crippen LogP contribution in [0.2, 0.25) is 0 Å². The Labute approximate surface area is 179 Å². The van der Waals surface area contributed by atoms with Crippen LogP contribution in [0.25, 0.3) is 0 Å². The zero-order chi connectivity index (χ0) is 20.8. The van der Waals surface area contributed by atoms with Gasteiger partial charge in [-0.1, -0.05) is 17.3 Å². The first-order valence-corrected chi connectivity index (χ1v) is 11.0. The highest BCUT2D eigenvalue weighted by Gasteiger charge is 2.20. The Kier molecular flexibility index (Phi) is 7.24. The number of nitro benzene ring substituents is 1. The van der Waals surface area contributed by atoms with Crippen molar-refractivity contribution in [1.29, 1.82) is 0 Å². The zero-order valence-electron chi connectivity index (χ0n) is 14.9. The number of alkyl halides is 1. The third-order valence-corrected chi connectivity index (χ3v) is 7.13. The van der Waals surface area contributed by atoms with Crippen molar-refractivity contribution in [3.63, 3.8) is 0 Å². The number of thioether (sulfide) groups is 2. The first-order chi connectivity index (χ1) is 14.0. The molecule has 1 aliphatic rings. The van der Waals surface area contributed by atoms with Gasteiger partial charge < -0.3 is 15.3 Å². The van der Waals surface area contributed by atoms with Gasteiger partial charge in [0.25, 0.3) is 0 Å². The van der Waals surface area contributed by atoms with Crippen LogP contribution < -0.4 is 10.5 Å². The average Bonchev–Trinajstić information content (AvgIpc) is 3.27. The topological polar surface area (TPSA) is 117 Å². The zero-order valence-corrected chi connectivity index (χ0v) is 17.3. The number of carbonyl (C=O) groups is 1. The maximum Gasteiger partial charge on any atom is 0.349 e. The molecule has 11 heteroatoms. The molecule has 0 saturated carbocycles. The van der Waals surface area contributed by atoms with E-state index in [-0.39, 0.29) is 28.7 Å². The second-order valence-corrected chi connectivity index (χ2v) is 8.75. The van der Waals surface area contributed by atoms with Crippen LogP contribution in [0.15, 0.2) is 47.6 Å². The van der Waals surface area contributed by atoms with E-state index in [2.05, 4.69) is 9.99 Å². The maximum absolute atomic E-state index is 11.5. The van der Waals surface area contributed by atoms with Crippen molar-refractivity contribution < 1.29 is 19.3 Å². The Morgan fingerprint density at radius 3 is 2.55 bits per heavy atom. The summed E-state index contributed by atoms with van der Waals surface area (Å²) < 4.78 is 6.11. The molecule has 1 fully saturated rings. The van der Waals surface area contributed by atoms with Gasteiger partial charge in [0.05, 0.1) is 9.51 Å². The lowest BCUT2D eigenvalue weighted by Gasteiger charge is -2.11. The number of nitro groups is 1. The Hall–Kier alpha value is -2.43. The van der Waals surface area contributed by atoms with Gasteiger partial charge in [-0.05, 0) is 29.8 Å². The molecule has 2 aromatic rings. The molecule has 8 nitrogen and oxygen atoms in total. The summed E-state index contributed by atoms with van der Waals surface area (Å²) in [7, 11) is 0. The minimum atomic E-state index is -0.790. The standard InChI is InChI=1S/C18H16ClN3O5S2/c19-10-16(23)27-21-17(20)12-3-6-15(14(9-12)22(24)25)26-13-4-1-11(2-5-13)18-28-7-8-29-18/h1-6,9,18H,7-8,10H2,(H2,20,21). The molecule has 1 aliphatic heterocycles. The molecular weight excluding hydrogens is 438 g/mol. The van der Waals surface area contributed by atoms with Crippen LogP contribution in [-0.4, -0.2) is 34.1 Å². The van der Waals surface area contributed by atoms with Gasteiger partial charge in [-0.3, -0.25) is 10.1 Å². The second-order valence-electron chi connectivity index (χ2n) is 5.76. The summed E-state index contributed by atoms with van der Waals surface area (Å²) in [5, 5.41) is 14.9. The molecule has 0 spiro atoms. The highest BCUT2D eigenvalue weighted by atomic mass is 35.5. The normalized spacial score (nSPS) is 14.6. The minimum Gasteiger partial charge on any atom is -0.450 e. The van der Waals surface area contributed by atoms with Crippen LogP contribution in [0.5, 0.6) is 11.5 Å². The number of carbonyl (C=O) groups excluding carboxylic acids is 1. The van der Waals surface area contributed by atoms with Gasteiger partial charge in [-0.2, -0.15) is 0 Å². The summed E-state index contributed by atoms with van der Waals surface area (Å²) >= 11 is 9.09. The van der Waals surface area contributed by atoms with Gasteiger partial charge in [0.1, 0.15) is 11.6 Å². The number of nitrogens with zero attached hydrogens (tertiary/aromatic N) is 2. The van der Waals surface area contributed by atoms with E-state index in [9.17, 15) is 14.9 Å². The van der Waals surface area contributed by atoms with Crippen molar-refractivity contribution in [2.45, 2.75) is 4.58 Å². The Morgan fingerprint density at radius 2 is 1.93 bits per heavy atom. The summed E-state index contributed by atoms with van der Waals surface area (Å²) in [6, 6.07) is 11.6. The molecule has 0 atom stereocenters. The Morgan fingerprint density at radius 1 is 1.24 bits per heavy atom. The van der Waals surface area contributed by atoms with Crippen molar-refractivity contribution in [3.8, 4) is 11.5 Å².